The highest BCUT2D eigenvalue weighted by atomic mass is 16.5. The number of hydrogen-bond acceptors (Lipinski definition) is 3. The molecule has 1 saturated heterocycles. The lowest BCUT2D eigenvalue weighted by Crippen LogP contribution is -2.49. The lowest BCUT2D eigenvalue weighted by Gasteiger charge is -2.37. The molecule has 4 heteroatoms. The molecule has 0 saturated carbocycles. The molecule has 0 unspecified atom stereocenters. The van der Waals surface area contributed by atoms with Gasteiger partial charge in [-0.05, 0) is 31.7 Å². The van der Waals surface area contributed by atoms with Gasteiger partial charge in [0.15, 0.2) is 0 Å². The quantitative estimate of drug-likeness (QED) is 0.932. The van der Waals surface area contributed by atoms with Crippen LogP contribution >= 0.6 is 0 Å². The van der Waals surface area contributed by atoms with E-state index in [1.807, 2.05) is 4.90 Å². The van der Waals surface area contributed by atoms with Gasteiger partial charge in [0.2, 0.25) is 5.91 Å². The highest BCUT2D eigenvalue weighted by Gasteiger charge is 2.32. The third-order valence-corrected chi connectivity index (χ3v) is 5.08. The molecule has 2 atom stereocenters. The molecule has 1 amide bonds. The molecular formula is C19H28N2O2. The zero-order valence-electron chi connectivity index (χ0n) is 14.7. The number of amides is 1. The van der Waals surface area contributed by atoms with E-state index in [4.69, 9.17) is 4.74 Å². The molecule has 1 fully saturated rings. The van der Waals surface area contributed by atoms with Gasteiger partial charge in [-0.15, -0.1) is 0 Å². The second-order valence-electron chi connectivity index (χ2n) is 7.66. The van der Waals surface area contributed by atoms with Crippen LogP contribution in [-0.4, -0.2) is 35.5 Å². The van der Waals surface area contributed by atoms with Gasteiger partial charge in [0.1, 0.15) is 11.4 Å². The van der Waals surface area contributed by atoms with Crippen LogP contribution in [0, 0.1) is 5.92 Å². The second kappa shape index (κ2) is 6.16. The highest BCUT2D eigenvalue weighted by Crippen LogP contribution is 2.37. The van der Waals surface area contributed by atoms with E-state index in [1.165, 1.54) is 11.1 Å². The van der Waals surface area contributed by atoms with Gasteiger partial charge in [0.25, 0.3) is 0 Å². The lowest BCUT2D eigenvalue weighted by atomic mass is 9.93. The standard InChI is InChI=1S/C19H28N2O2/c1-13-12-21(14(2)22)9-8-17(13)20-11-16-7-5-6-15-10-19(3,4)23-18(15)16/h5-7,13,17,20H,8-12H2,1-4H3/t13-,17+/m1/s1. The van der Waals surface area contributed by atoms with E-state index in [0.717, 1.165) is 38.2 Å². The first-order valence-corrected chi connectivity index (χ1v) is 8.64. The van der Waals surface area contributed by atoms with E-state index >= 15 is 0 Å². The monoisotopic (exact) mass is 316 g/mol. The minimum absolute atomic E-state index is 0.0987. The second-order valence-corrected chi connectivity index (χ2v) is 7.66. The summed E-state index contributed by atoms with van der Waals surface area (Å²) >= 11 is 0. The van der Waals surface area contributed by atoms with Gasteiger partial charge < -0.3 is 15.0 Å². The van der Waals surface area contributed by atoms with Crippen LogP contribution in [0.5, 0.6) is 5.75 Å². The van der Waals surface area contributed by atoms with Crippen molar-refractivity contribution < 1.29 is 9.53 Å². The molecule has 23 heavy (non-hydrogen) atoms. The Morgan fingerprint density at radius 1 is 1.43 bits per heavy atom. The number of benzene rings is 1. The van der Waals surface area contributed by atoms with E-state index in [-0.39, 0.29) is 11.5 Å². The van der Waals surface area contributed by atoms with E-state index in [2.05, 4.69) is 44.3 Å². The van der Waals surface area contributed by atoms with Gasteiger partial charge >= 0.3 is 0 Å². The molecule has 2 heterocycles. The van der Waals surface area contributed by atoms with E-state index in [0.29, 0.717) is 12.0 Å². The summed E-state index contributed by atoms with van der Waals surface area (Å²) in [5.74, 6) is 1.73. The molecule has 0 aromatic heterocycles. The average molecular weight is 316 g/mol. The maximum atomic E-state index is 11.5. The van der Waals surface area contributed by atoms with Gasteiger partial charge in [-0.25, -0.2) is 0 Å². The lowest BCUT2D eigenvalue weighted by molar-refractivity contribution is -0.130. The average Bonchev–Trinajstić information content (AvgIpc) is 2.80. The van der Waals surface area contributed by atoms with E-state index < -0.39 is 0 Å². The summed E-state index contributed by atoms with van der Waals surface area (Å²) in [6.45, 7) is 10.7. The molecule has 1 aromatic carbocycles. The topological polar surface area (TPSA) is 41.6 Å². The summed E-state index contributed by atoms with van der Waals surface area (Å²) in [5.41, 5.74) is 2.46. The molecule has 2 aliphatic heterocycles. The number of nitrogens with one attached hydrogen (secondary N) is 1. The molecule has 4 nitrogen and oxygen atoms in total. The Kier molecular flexibility index (Phi) is 4.37. The first-order valence-electron chi connectivity index (χ1n) is 8.64. The molecule has 0 radical (unpaired) electrons. The number of para-hydroxylation sites is 1. The Hall–Kier alpha value is -1.55. The van der Waals surface area contributed by atoms with Crippen molar-refractivity contribution in [1.29, 1.82) is 0 Å². The SMILES string of the molecule is CC(=O)N1CC[C@H](NCc2cccc3c2OC(C)(C)C3)[C@H](C)C1. The number of nitrogens with zero attached hydrogens (tertiary/aromatic N) is 1. The van der Waals surface area contributed by atoms with Gasteiger partial charge in [0.05, 0.1) is 0 Å². The van der Waals surface area contributed by atoms with Crippen LogP contribution in [0.1, 0.15) is 45.2 Å². The predicted octanol–water partition coefficient (Wildman–Crippen LogP) is 2.75. The van der Waals surface area contributed by atoms with Crippen molar-refractivity contribution in [2.45, 2.75) is 58.7 Å². The van der Waals surface area contributed by atoms with Gasteiger partial charge in [-0.1, -0.05) is 25.1 Å². The maximum Gasteiger partial charge on any atom is 0.219 e. The number of fused-ring (bicyclic) bond motifs is 1. The summed E-state index contributed by atoms with van der Waals surface area (Å²) in [7, 11) is 0. The van der Waals surface area contributed by atoms with Crippen molar-refractivity contribution in [2.75, 3.05) is 13.1 Å². The van der Waals surface area contributed by atoms with Crippen molar-refractivity contribution in [3.63, 3.8) is 0 Å². The summed E-state index contributed by atoms with van der Waals surface area (Å²) in [6.07, 6.45) is 1.99. The molecule has 1 aromatic rings. The Labute approximate surface area is 139 Å². The van der Waals surface area contributed by atoms with Gasteiger partial charge in [-0.2, -0.15) is 0 Å². The fourth-order valence-electron chi connectivity index (χ4n) is 3.79. The molecular weight excluding hydrogens is 288 g/mol. The van der Waals surface area contributed by atoms with Crippen molar-refractivity contribution in [1.82, 2.24) is 10.2 Å². The number of hydrogen-bond donors (Lipinski definition) is 1. The first kappa shape index (κ1) is 16.3. The fourth-order valence-corrected chi connectivity index (χ4v) is 3.79. The predicted molar refractivity (Wildman–Crippen MR) is 91.5 cm³/mol. The van der Waals surface area contributed by atoms with Crippen molar-refractivity contribution in [2.24, 2.45) is 5.92 Å². The molecule has 0 bridgehead atoms. The summed E-state index contributed by atoms with van der Waals surface area (Å²) in [6, 6.07) is 6.91. The zero-order valence-corrected chi connectivity index (χ0v) is 14.7. The zero-order chi connectivity index (χ0) is 16.6. The molecule has 0 aliphatic carbocycles. The number of piperidine rings is 1. The summed E-state index contributed by atoms with van der Waals surface area (Å²) < 4.78 is 6.15. The number of carbonyl (C=O) groups excluding carboxylic acids is 1. The molecule has 0 spiro atoms. The smallest absolute Gasteiger partial charge is 0.219 e. The van der Waals surface area contributed by atoms with Gasteiger partial charge in [-0.3, -0.25) is 4.79 Å². The number of rotatable bonds is 3. The van der Waals surface area contributed by atoms with Crippen molar-refractivity contribution >= 4 is 5.91 Å². The Morgan fingerprint density at radius 3 is 2.91 bits per heavy atom. The van der Waals surface area contributed by atoms with Crippen LogP contribution in [0.25, 0.3) is 0 Å². The van der Waals surface area contributed by atoms with Gasteiger partial charge in [0, 0.05) is 44.6 Å². The molecule has 1 N–H and O–H groups in total. The normalized spacial score (nSPS) is 25.8. The van der Waals surface area contributed by atoms with Crippen LogP contribution in [0.4, 0.5) is 0 Å². The van der Waals surface area contributed by atoms with E-state index in [9.17, 15) is 4.79 Å². The van der Waals surface area contributed by atoms with Crippen LogP contribution in [0.2, 0.25) is 0 Å². The summed E-state index contributed by atoms with van der Waals surface area (Å²) in [4.78, 5) is 13.5. The minimum Gasteiger partial charge on any atom is -0.487 e. The number of carbonyl (C=O) groups is 1. The third-order valence-electron chi connectivity index (χ3n) is 5.08. The maximum absolute atomic E-state index is 11.5. The molecule has 2 aliphatic rings. The van der Waals surface area contributed by atoms with Crippen LogP contribution in [0.3, 0.4) is 0 Å². The van der Waals surface area contributed by atoms with Crippen LogP contribution < -0.4 is 10.1 Å². The van der Waals surface area contributed by atoms with Crippen molar-refractivity contribution in [3.8, 4) is 5.75 Å². The number of likely N-dealkylation sites (tertiary alicyclic amines) is 1. The first-order chi connectivity index (χ1) is 10.9. The third kappa shape index (κ3) is 3.52. The van der Waals surface area contributed by atoms with E-state index in [1.54, 1.807) is 6.92 Å². The Bertz CT molecular complexity index is 597. The molecule has 126 valence electrons. The Morgan fingerprint density at radius 2 is 2.22 bits per heavy atom. The molecule has 3 rings (SSSR count). The van der Waals surface area contributed by atoms with Crippen LogP contribution in [0.15, 0.2) is 18.2 Å². The Balaban J connectivity index is 1.62. The van der Waals surface area contributed by atoms with Crippen molar-refractivity contribution in [3.05, 3.63) is 29.3 Å². The summed E-state index contributed by atoms with van der Waals surface area (Å²) in [5, 5.41) is 3.69. The van der Waals surface area contributed by atoms with Crippen LogP contribution in [-0.2, 0) is 17.8 Å². The highest BCUT2D eigenvalue weighted by molar-refractivity contribution is 5.73. The minimum atomic E-state index is -0.0987. The number of ether oxygens (including phenoxy) is 1. The largest absolute Gasteiger partial charge is 0.487 e. The fraction of sp³-hybridized carbons (Fsp3) is 0.632.